The van der Waals surface area contributed by atoms with Crippen LogP contribution in [0.1, 0.15) is 0 Å². The zero-order valence-corrected chi connectivity index (χ0v) is 9.79. The molecule has 0 N–H and O–H groups in total. The molecule has 14 heavy (non-hydrogen) atoms. The Labute approximate surface area is 81.7 Å². The van der Waals surface area contributed by atoms with Gasteiger partial charge in [0.05, 0.1) is 5.38 Å². The fraction of sp³-hybridized carbons (Fsp3) is 0.667. The highest BCUT2D eigenvalue weighted by molar-refractivity contribution is 7.87. The highest BCUT2D eigenvalue weighted by Crippen LogP contribution is 2.28. The Morgan fingerprint density at radius 3 is 1.86 bits per heavy atom. The molecule has 0 aliphatic carbocycles. The van der Waals surface area contributed by atoms with E-state index in [2.05, 4.69) is 10.8 Å². The molecule has 0 bridgehead atoms. The molecule has 0 saturated carbocycles. The van der Waals surface area contributed by atoms with Gasteiger partial charge in [0.15, 0.2) is 0 Å². The molecule has 0 aromatic rings. The summed E-state index contributed by atoms with van der Waals surface area (Å²) < 4.78 is 60.5. The Bertz CT molecular complexity index is 325. The van der Waals surface area contributed by atoms with Gasteiger partial charge < -0.3 is 4.18 Å². The van der Waals surface area contributed by atoms with Crippen LogP contribution in [0.15, 0.2) is 12.0 Å². The third-order valence-corrected chi connectivity index (χ3v) is 4.24. The van der Waals surface area contributed by atoms with Crippen molar-refractivity contribution in [2.24, 2.45) is 0 Å². The van der Waals surface area contributed by atoms with Gasteiger partial charge in [-0.2, -0.15) is 21.6 Å². The van der Waals surface area contributed by atoms with Crippen LogP contribution in [0, 0.1) is 0 Å². The lowest BCUT2D eigenvalue weighted by atomic mass is 11.1. The van der Waals surface area contributed by atoms with Crippen LogP contribution in [0.3, 0.4) is 0 Å². The third kappa shape index (κ3) is 3.33. The van der Waals surface area contributed by atoms with Crippen molar-refractivity contribution in [3.63, 3.8) is 0 Å². The zero-order chi connectivity index (χ0) is 11.8. The smallest absolute Gasteiger partial charge is 0.387 e. The van der Waals surface area contributed by atoms with E-state index in [0.717, 1.165) is 0 Å². The SMILES string of the molecule is C=C(OS(=O)(=O)C(F)(F)F)[Si](C)(C)C. The number of alkyl halides is 3. The summed E-state index contributed by atoms with van der Waals surface area (Å²) >= 11 is 0. The molecule has 84 valence electrons. The van der Waals surface area contributed by atoms with Gasteiger partial charge in [-0.15, -0.1) is 0 Å². The van der Waals surface area contributed by atoms with Gasteiger partial charge in [-0.05, 0) is 0 Å². The Morgan fingerprint density at radius 1 is 1.29 bits per heavy atom. The molecular weight excluding hydrogens is 237 g/mol. The van der Waals surface area contributed by atoms with Crippen molar-refractivity contribution in [3.8, 4) is 0 Å². The molecule has 0 aliphatic heterocycles. The van der Waals surface area contributed by atoms with Crippen LogP contribution in [-0.4, -0.2) is 22.0 Å². The summed E-state index contributed by atoms with van der Waals surface area (Å²) in [4.78, 5) is 0. The van der Waals surface area contributed by atoms with Crippen molar-refractivity contribution in [3.05, 3.63) is 12.0 Å². The molecule has 0 spiro atoms. The normalized spacial score (nSPS) is 13.9. The molecule has 0 atom stereocenters. The topological polar surface area (TPSA) is 43.4 Å². The first-order chi connectivity index (χ1) is 5.88. The van der Waals surface area contributed by atoms with Crippen LogP contribution >= 0.6 is 0 Å². The molecule has 0 heterocycles. The van der Waals surface area contributed by atoms with Crippen LogP contribution in [-0.2, 0) is 14.3 Å². The fourth-order valence-corrected chi connectivity index (χ4v) is 1.99. The van der Waals surface area contributed by atoms with Crippen molar-refractivity contribution in [2.45, 2.75) is 25.1 Å². The quantitative estimate of drug-likeness (QED) is 0.333. The van der Waals surface area contributed by atoms with Crippen molar-refractivity contribution in [2.75, 3.05) is 0 Å². The third-order valence-electron chi connectivity index (χ3n) is 1.33. The van der Waals surface area contributed by atoms with Crippen LogP contribution in [0.25, 0.3) is 0 Å². The number of hydrogen-bond donors (Lipinski definition) is 0. The van der Waals surface area contributed by atoms with E-state index in [4.69, 9.17) is 0 Å². The molecule has 3 nitrogen and oxygen atoms in total. The van der Waals surface area contributed by atoms with Crippen molar-refractivity contribution in [1.29, 1.82) is 0 Å². The largest absolute Gasteiger partial charge is 0.534 e. The second-order valence-corrected chi connectivity index (χ2v) is 10.3. The summed E-state index contributed by atoms with van der Waals surface area (Å²) in [5.41, 5.74) is -5.39. The van der Waals surface area contributed by atoms with E-state index in [9.17, 15) is 21.6 Å². The predicted octanol–water partition coefficient (Wildman–Crippen LogP) is 2.24. The maximum absolute atomic E-state index is 11.8. The predicted molar refractivity (Wildman–Crippen MR) is 48.5 cm³/mol. The molecule has 0 radical (unpaired) electrons. The van der Waals surface area contributed by atoms with Gasteiger partial charge in [0.25, 0.3) is 0 Å². The van der Waals surface area contributed by atoms with Gasteiger partial charge in [0.1, 0.15) is 8.07 Å². The molecule has 0 aromatic carbocycles. The van der Waals surface area contributed by atoms with Crippen molar-refractivity contribution in [1.82, 2.24) is 0 Å². The van der Waals surface area contributed by atoms with E-state index in [1.54, 1.807) is 19.6 Å². The second kappa shape index (κ2) is 3.57. The van der Waals surface area contributed by atoms with E-state index < -0.39 is 23.7 Å². The van der Waals surface area contributed by atoms with E-state index in [-0.39, 0.29) is 5.38 Å². The van der Waals surface area contributed by atoms with Crippen LogP contribution in [0.4, 0.5) is 13.2 Å². The van der Waals surface area contributed by atoms with Gasteiger partial charge in [-0.25, -0.2) is 0 Å². The monoisotopic (exact) mass is 248 g/mol. The first kappa shape index (κ1) is 13.5. The lowest BCUT2D eigenvalue weighted by Crippen LogP contribution is -2.32. The van der Waals surface area contributed by atoms with E-state index in [1.807, 2.05) is 0 Å². The van der Waals surface area contributed by atoms with Gasteiger partial charge >= 0.3 is 15.6 Å². The van der Waals surface area contributed by atoms with Gasteiger partial charge in [-0.3, -0.25) is 0 Å². The molecule has 0 amide bonds. The van der Waals surface area contributed by atoms with Crippen LogP contribution < -0.4 is 0 Å². The Morgan fingerprint density at radius 2 is 1.64 bits per heavy atom. The molecule has 0 saturated heterocycles. The van der Waals surface area contributed by atoms with Gasteiger partial charge in [0.2, 0.25) is 0 Å². The minimum Gasteiger partial charge on any atom is -0.387 e. The molecular formula is C6H11F3O3SSi. The molecule has 0 unspecified atom stereocenters. The van der Waals surface area contributed by atoms with Gasteiger partial charge in [0, 0.05) is 0 Å². The molecule has 0 fully saturated rings. The van der Waals surface area contributed by atoms with Crippen molar-refractivity contribution >= 4 is 18.2 Å². The summed E-state index contributed by atoms with van der Waals surface area (Å²) in [6.45, 7) is 8.06. The van der Waals surface area contributed by atoms with Crippen LogP contribution in [0.5, 0.6) is 0 Å². The average molecular weight is 248 g/mol. The van der Waals surface area contributed by atoms with Gasteiger partial charge in [-0.1, -0.05) is 26.2 Å². The molecule has 0 aliphatic rings. The Hall–Kier alpha value is -0.503. The molecule has 8 heteroatoms. The summed E-state index contributed by atoms with van der Waals surface area (Å²) in [7, 11) is -7.79. The van der Waals surface area contributed by atoms with E-state index in [1.165, 1.54) is 0 Å². The number of halogens is 3. The first-order valence-electron chi connectivity index (χ1n) is 3.58. The zero-order valence-electron chi connectivity index (χ0n) is 7.97. The number of hydrogen-bond acceptors (Lipinski definition) is 3. The van der Waals surface area contributed by atoms with E-state index in [0.29, 0.717) is 0 Å². The highest BCUT2D eigenvalue weighted by atomic mass is 32.2. The average Bonchev–Trinajstić information content (AvgIpc) is 1.80. The minimum atomic E-state index is -5.54. The fourth-order valence-electron chi connectivity index (χ4n) is 0.305. The summed E-state index contributed by atoms with van der Waals surface area (Å²) in [5.74, 6) is 0. The first-order valence-corrected chi connectivity index (χ1v) is 8.49. The number of rotatable bonds is 3. The summed E-state index contributed by atoms with van der Waals surface area (Å²) in [6.07, 6.45) is 0. The standard InChI is InChI=1S/C6H11F3O3SSi/c1-5(14(2,3)4)12-13(10,11)6(7,8)9/h1H2,2-4H3. The van der Waals surface area contributed by atoms with Crippen LogP contribution in [0.2, 0.25) is 19.6 Å². The lowest BCUT2D eigenvalue weighted by Gasteiger charge is -2.19. The highest BCUT2D eigenvalue weighted by Gasteiger charge is 2.49. The summed E-state index contributed by atoms with van der Waals surface area (Å²) in [6, 6.07) is 0. The molecule has 0 aromatic heterocycles. The Kier molecular flexibility index (Phi) is 3.45. The Balaban J connectivity index is 4.82. The minimum absolute atomic E-state index is 0.310. The lowest BCUT2D eigenvalue weighted by molar-refractivity contribution is -0.0518. The maximum Gasteiger partial charge on any atom is 0.534 e. The molecule has 0 rings (SSSR count). The summed E-state index contributed by atoms with van der Waals surface area (Å²) in [5, 5.41) is -0.310. The van der Waals surface area contributed by atoms with E-state index >= 15 is 0 Å². The second-order valence-electron chi connectivity index (χ2n) is 3.66. The van der Waals surface area contributed by atoms with Crippen molar-refractivity contribution < 1.29 is 25.8 Å². The maximum atomic E-state index is 11.8.